The molecule has 0 aliphatic carbocycles. The van der Waals surface area contributed by atoms with Crippen LogP contribution in [0, 0.1) is 11.3 Å². The molecule has 12 nitrogen and oxygen atoms in total. The number of hydrogen-bond donors (Lipinski definition) is 4. The molecule has 254 valence electrons. The molecule has 0 aliphatic rings. The molecule has 0 bridgehead atoms. The van der Waals surface area contributed by atoms with Gasteiger partial charge in [0.25, 0.3) is 0 Å². The van der Waals surface area contributed by atoms with Gasteiger partial charge in [0.15, 0.2) is 11.5 Å². The quantitative estimate of drug-likeness (QED) is 0.109. The van der Waals surface area contributed by atoms with Gasteiger partial charge in [-0.15, -0.1) is 10.2 Å². The minimum absolute atomic E-state index is 0.0755. The molecule has 0 spiro atoms. The number of rotatable bonds is 12. The fourth-order valence-corrected chi connectivity index (χ4v) is 6.29. The molecule has 2 amide bonds. The van der Waals surface area contributed by atoms with E-state index in [1.165, 1.54) is 17.8 Å². The van der Waals surface area contributed by atoms with E-state index in [9.17, 15) is 15.2 Å². The second-order valence-electron chi connectivity index (χ2n) is 11.6. The van der Waals surface area contributed by atoms with E-state index in [1.54, 1.807) is 40.7 Å². The summed E-state index contributed by atoms with van der Waals surface area (Å²) in [6.07, 6.45) is 3.94. The Morgan fingerprint density at radius 1 is 1.04 bits per heavy atom. The minimum Gasteiger partial charge on any atom is -0.507 e. The summed E-state index contributed by atoms with van der Waals surface area (Å²) in [7, 11) is 0. The van der Waals surface area contributed by atoms with E-state index in [0.29, 0.717) is 28.6 Å². The number of aliphatic hydroxyl groups excluding tert-OH is 1. The predicted octanol–water partition coefficient (Wildman–Crippen LogP) is 6.60. The van der Waals surface area contributed by atoms with Gasteiger partial charge in [-0.2, -0.15) is 22.1 Å². The number of phenols is 1. The Morgan fingerprint density at radius 3 is 2.60 bits per heavy atom. The van der Waals surface area contributed by atoms with Gasteiger partial charge in [-0.25, -0.2) is 9.48 Å². The number of aromatic nitrogens is 5. The summed E-state index contributed by atoms with van der Waals surface area (Å²) in [5.74, 6) is 1.59. The summed E-state index contributed by atoms with van der Waals surface area (Å²) in [4.78, 5) is 15.2. The molecule has 0 saturated carbocycles. The standard InChI is InChI=1S/C36H34N8O4S2/c1-36(2,49-3)31-19-33(44(42-31)26-9-11-27(12-10-26)48-17-16-45)39-35(47)38-21-24-6-4-5-7-30(24)50-28-13-15-32-40-41-34(43(32)22-28)23-8-14-29(46)25(18-23)20-37/h4-15,18-19,22,45-46H,16-17,21H2,1-3H3,(H2,38,39,47). The number of aromatic hydroxyl groups is 1. The lowest BCUT2D eigenvalue weighted by Crippen LogP contribution is -2.29. The number of carbonyl (C=O) groups excluding carboxylic acids is 1. The van der Waals surface area contributed by atoms with Crippen molar-refractivity contribution in [3.8, 4) is 34.6 Å². The molecule has 0 fully saturated rings. The first-order valence-corrected chi connectivity index (χ1v) is 17.6. The molecule has 14 heteroatoms. The van der Waals surface area contributed by atoms with E-state index in [1.807, 2.05) is 77.5 Å². The maximum Gasteiger partial charge on any atom is 0.320 e. The smallest absolute Gasteiger partial charge is 0.320 e. The number of phenolic OH excluding ortho intramolecular Hbond substituents is 1. The third-order valence-electron chi connectivity index (χ3n) is 7.91. The number of urea groups is 1. The van der Waals surface area contributed by atoms with Crippen LogP contribution in [0.15, 0.2) is 101 Å². The molecule has 6 aromatic rings. The highest BCUT2D eigenvalue weighted by Gasteiger charge is 2.25. The molecular formula is C36H34N8O4S2. The number of aliphatic hydroxyl groups is 1. The first-order valence-electron chi connectivity index (χ1n) is 15.6. The van der Waals surface area contributed by atoms with Crippen molar-refractivity contribution in [1.82, 2.24) is 29.7 Å². The number of thioether (sulfide) groups is 1. The van der Waals surface area contributed by atoms with Crippen LogP contribution in [0.25, 0.3) is 22.7 Å². The summed E-state index contributed by atoms with van der Waals surface area (Å²) in [6.45, 7) is 4.55. The molecule has 50 heavy (non-hydrogen) atoms. The first kappa shape index (κ1) is 34.4. The fraction of sp³-hybridized carbons (Fsp3) is 0.194. The van der Waals surface area contributed by atoms with Crippen molar-refractivity contribution < 1.29 is 19.7 Å². The van der Waals surface area contributed by atoms with Crippen LogP contribution in [-0.4, -0.2) is 60.1 Å². The molecule has 0 radical (unpaired) electrons. The number of carbonyl (C=O) groups is 1. The lowest BCUT2D eigenvalue weighted by atomic mass is 10.1. The van der Waals surface area contributed by atoms with E-state index in [4.69, 9.17) is 14.9 Å². The van der Waals surface area contributed by atoms with E-state index in [2.05, 4.69) is 34.7 Å². The maximum atomic E-state index is 13.3. The number of nitrogens with zero attached hydrogens (tertiary/aromatic N) is 6. The van der Waals surface area contributed by atoms with Crippen molar-refractivity contribution in [1.29, 1.82) is 5.26 Å². The third-order valence-corrected chi connectivity index (χ3v) is 10.2. The van der Waals surface area contributed by atoms with Crippen molar-refractivity contribution in [2.45, 2.75) is 34.9 Å². The summed E-state index contributed by atoms with van der Waals surface area (Å²) in [6, 6.07) is 27.2. The van der Waals surface area contributed by atoms with Gasteiger partial charge in [0, 0.05) is 34.2 Å². The zero-order valence-corrected chi connectivity index (χ0v) is 29.1. The lowest BCUT2D eigenvalue weighted by molar-refractivity contribution is 0.201. The van der Waals surface area contributed by atoms with Crippen molar-refractivity contribution in [2.75, 3.05) is 24.8 Å². The second-order valence-corrected chi connectivity index (χ2v) is 14.1. The van der Waals surface area contributed by atoms with Gasteiger partial charge in [-0.1, -0.05) is 30.0 Å². The Labute approximate surface area is 297 Å². The summed E-state index contributed by atoms with van der Waals surface area (Å²) < 4.78 is 8.75. The zero-order valence-electron chi connectivity index (χ0n) is 27.5. The van der Waals surface area contributed by atoms with Crippen LogP contribution in [0.1, 0.15) is 30.7 Å². The molecule has 3 aromatic heterocycles. The Kier molecular flexibility index (Phi) is 10.3. The average molecular weight is 707 g/mol. The van der Waals surface area contributed by atoms with Gasteiger partial charge in [0.1, 0.15) is 30.0 Å². The van der Waals surface area contributed by atoms with Gasteiger partial charge >= 0.3 is 6.03 Å². The topological polar surface area (TPSA) is 163 Å². The van der Waals surface area contributed by atoms with Crippen molar-refractivity contribution in [2.24, 2.45) is 0 Å². The highest BCUT2D eigenvalue weighted by atomic mass is 32.2. The molecule has 0 unspecified atom stereocenters. The van der Waals surface area contributed by atoms with Crippen LogP contribution in [0.4, 0.5) is 10.6 Å². The Balaban J connectivity index is 1.19. The van der Waals surface area contributed by atoms with Crippen molar-refractivity contribution in [3.05, 3.63) is 108 Å². The average Bonchev–Trinajstić information content (AvgIpc) is 3.76. The molecule has 0 saturated heterocycles. The normalized spacial score (nSPS) is 11.3. The first-order chi connectivity index (χ1) is 24.2. The number of amides is 2. The molecule has 3 heterocycles. The second kappa shape index (κ2) is 15.0. The number of fused-ring (bicyclic) bond motifs is 1. The number of hydrogen-bond acceptors (Lipinski definition) is 10. The molecule has 0 atom stereocenters. The van der Waals surface area contributed by atoms with Crippen LogP contribution in [0.3, 0.4) is 0 Å². The zero-order chi connectivity index (χ0) is 35.3. The van der Waals surface area contributed by atoms with Crippen LogP contribution in [0.2, 0.25) is 0 Å². The molecule has 6 rings (SSSR count). The Morgan fingerprint density at radius 2 is 1.84 bits per heavy atom. The van der Waals surface area contributed by atoms with Gasteiger partial charge in [-0.05, 0) is 86.3 Å². The number of anilines is 1. The predicted molar refractivity (Wildman–Crippen MR) is 194 cm³/mol. The van der Waals surface area contributed by atoms with E-state index >= 15 is 0 Å². The maximum absolute atomic E-state index is 13.3. The van der Waals surface area contributed by atoms with Gasteiger partial charge in [-0.3, -0.25) is 9.72 Å². The van der Waals surface area contributed by atoms with Gasteiger partial charge < -0.3 is 20.3 Å². The van der Waals surface area contributed by atoms with E-state index in [0.717, 1.165) is 26.7 Å². The van der Waals surface area contributed by atoms with Crippen LogP contribution < -0.4 is 15.4 Å². The Hall–Kier alpha value is -5.49. The SMILES string of the molecule is CSC(C)(C)c1cc(NC(=O)NCc2ccccc2Sc2ccc3nnc(-c4ccc(O)c(C#N)c4)n3c2)n(-c2ccc(OCCO)cc2)n1. The Bertz CT molecular complexity index is 2190. The van der Waals surface area contributed by atoms with Crippen LogP contribution in [-0.2, 0) is 11.3 Å². The molecule has 3 aromatic carbocycles. The van der Waals surface area contributed by atoms with Gasteiger partial charge in [0.2, 0.25) is 0 Å². The van der Waals surface area contributed by atoms with Crippen molar-refractivity contribution in [3.63, 3.8) is 0 Å². The molecular weight excluding hydrogens is 673 g/mol. The number of nitrogens with one attached hydrogen (secondary N) is 2. The highest BCUT2D eigenvalue weighted by Crippen LogP contribution is 2.35. The largest absolute Gasteiger partial charge is 0.507 e. The fourth-order valence-electron chi connectivity index (χ4n) is 5.02. The number of pyridine rings is 1. The summed E-state index contributed by atoms with van der Waals surface area (Å²) >= 11 is 3.20. The van der Waals surface area contributed by atoms with E-state index < -0.39 is 0 Å². The lowest BCUT2D eigenvalue weighted by Gasteiger charge is -2.18. The van der Waals surface area contributed by atoms with E-state index in [-0.39, 0.29) is 41.8 Å². The summed E-state index contributed by atoms with van der Waals surface area (Å²) in [5.41, 5.74) is 3.92. The summed E-state index contributed by atoms with van der Waals surface area (Å²) in [5, 5.41) is 47.8. The molecule has 0 aliphatic heterocycles. The number of nitriles is 1. The van der Waals surface area contributed by atoms with Crippen LogP contribution >= 0.6 is 23.5 Å². The van der Waals surface area contributed by atoms with Crippen LogP contribution in [0.5, 0.6) is 11.5 Å². The minimum atomic E-state index is -0.386. The van der Waals surface area contributed by atoms with Gasteiger partial charge in [0.05, 0.1) is 28.3 Å². The molecule has 4 N–H and O–H groups in total. The number of benzene rings is 3. The third kappa shape index (κ3) is 7.55. The highest BCUT2D eigenvalue weighted by molar-refractivity contribution is 7.99. The monoisotopic (exact) mass is 706 g/mol. The van der Waals surface area contributed by atoms with Crippen molar-refractivity contribution >= 4 is 41.0 Å². The number of ether oxygens (including phenoxy) is 1.